The number of benzene rings is 1. The summed E-state index contributed by atoms with van der Waals surface area (Å²) in [7, 11) is 0. The van der Waals surface area contributed by atoms with Gasteiger partial charge in [-0.1, -0.05) is 12.1 Å². The second kappa shape index (κ2) is 4.33. The molecule has 0 amide bonds. The molecule has 2 aromatic rings. The summed E-state index contributed by atoms with van der Waals surface area (Å²) in [5, 5.41) is 18.8. The quantitative estimate of drug-likeness (QED) is 0.853. The number of hydrogen-bond donors (Lipinski definition) is 2. The van der Waals surface area contributed by atoms with Crippen molar-refractivity contribution in [3.05, 3.63) is 42.1 Å². The van der Waals surface area contributed by atoms with Crippen LogP contribution in [0.15, 0.2) is 36.4 Å². The van der Waals surface area contributed by atoms with Crippen LogP contribution in [0.25, 0.3) is 11.3 Å². The average Bonchev–Trinajstić information content (AvgIpc) is 2.73. The summed E-state index contributed by atoms with van der Waals surface area (Å²) in [6.45, 7) is 2.41. The molecule has 0 atom stereocenters. The lowest BCUT2D eigenvalue weighted by Gasteiger charge is -2.10. The van der Waals surface area contributed by atoms with Gasteiger partial charge in [0.2, 0.25) is 0 Å². The number of carboxylic acids is 1. The number of nitrogens with zero attached hydrogens (tertiary/aromatic N) is 1. The van der Waals surface area contributed by atoms with E-state index in [1.54, 1.807) is 34.9 Å². The molecule has 1 heterocycles. The van der Waals surface area contributed by atoms with Gasteiger partial charge in [-0.25, -0.2) is 4.79 Å². The van der Waals surface area contributed by atoms with Crippen LogP contribution < -0.4 is 0 Å². The van der Waals surface area contributed by atoms with E-state index in [4.69, 9.17) is 5.11 Å². The maximum absolute atomic E-state index is 11.0. The molecular weight excluding hydrogens is 218 g/mol. The van der Waals surface area contributed by atoms with Gasteiger partial charge < -0.3 is 14.8 Å². The van der Waals surface area contributed by atoms with Crippen molar-refractivity contribution in [1.82, 2.24) is 4.57 Å². The van der Waals surface area contributed by atoms with Crippen LogP contribution in [0.1, 0.15) is 17.4 Å². The van der Waals surface area contributed by atoms with E-state index >= 15 is 0 Å². The highest BCUT2D eigenvalue weighted by Crippen LogP contribution is 2.30. The van der Waals surface area contributed by atoms with Gasteiger partial charge >= 0.3 is 5.97 Å². The van der Waals surface area contributed by atoms with Crippen LogP contribution in [0.5, 0.6) is 5.75 Å². The number of phenolic OH excluding ortho intramolecular Hbond substituents is 1. The Morgan fingerprint density at radius 2 is 1.94 bits per heavy atom. The Balaban J connectivity index is 2.61. The van der Waals surface area contributed by atoms with Crippen LogP contribution in [0.4, 0.5) is 0 Å². The smallest absolute Gasteiger partial charge is 0.352 e. The van der Waals surface area contributed by atoms with E-state index in [1.165, 1.54) is 0 Å². The number of carbonyl (C=O) groups is 1. The molecule has 0 fully saturated rings. The van der Waals surface area contributed by atoms with E-state index in [-0.39, 0.29) is 11.4 Å². The lowest BCUT2D eigenvalue weighted by molar-refractivity contribution is 0.0685. The summed E-state index contributed by atoms with van der Waals surface area (Å²) < 4.78 is 1.66. The van der Waals surface area contributed by atoms with E-state index in [2.05, 4.69) is 0 Å². The zero-order valence-corrected chi connectivity index (χ0v) is 9.42. The minimum atomic E-state index is -0.964. The van der Waals surface area contributed by atoms with Crippen molar-refractivity contribution in [2.45, 2.75) is 13.5 Å². The maximum atomic E-state index is 11.0. The van der Waals surface area contributed by atoms with E-state index in [0.717, 1.165) is 0 Å². The Kier molecular flexibility index (Phi) is 2.87. The first-order valence-electron chi connectivity index (χ1n) is 5.36. The fourth-order valence-corrected chi connectivity index (χ4v) is 1.92. The van der Waals surface area contributed by atoms with Gasteiger partial charge in [-0.2, -0.15) is 0 Å². The first kappa shape index (κ1) is 11.3. The molecule has 0 saturated heterocycles. The first-order valence-corrected chi connectivity index (χ1v) is 5.36. The molecule has 0 radical (unpaired) electrons. The summed E-state index contributed by atoms with van der Waals surface area (Å²) in [6.07, 6.45) is 0. The number of aromatic carboxylic acids is 1. The minimum absolute atomic E-state index is 0.150. The van der Waals surface area contributed by atoms with Crippen LogP contribution in [-0.4, -0.2) is 20.7 Å². The summed E-state index contributed by atoms with van der Waals surface area (Å²) in [6, 6.07) is 10.2. The van der Waals surface area contributed by atoms with Crippen molar-refractivity contribution < 1.29 is 15.0 Å². The van der Waals surface area contributed by atoms with Gasteiger partial charge in [0, 0.05) is 12.1 Å². The van der Waals surface area contributed by atoms with Crippen LogP contribution >= 0.6 is 0 Å². The predicted molar refractivity (Wildman–Crippen MR) is 64.2 cm³/mol. The van der Waals surface area contributed by atoms with Crippen molar-refractivity contribution in [3.8, 4) is 17.0 Å². The SMILES string of the molecule is CCn1c(C(=O)O)ccc1-c1ccccc1O. The van der Waals surface area contributed by atoms with Crippen molar-refractivity contribution in [2.24, 2.45) is 0 Å². The van der Waals surface area contributed by atoms with Crippen LogP contribution in [0.2, 0.25) is 0 Å². The molecular formula is C13H13NO3. The third-order valence-corrected chi connectivity index (χ3v) is 2.70. The van der Waals surface area contributed by atoms with Crippen molar-refractivity contribution in [2.75, 3.05) is 0 Å². The first-order chi connectivity index (χ1) is 8.15. The number of aromatic nitrogens is 1. The normalized spacial score (nSPS) is 10.4. The molecule has 0 saturated carbocycles. The molecule has 0 unspecified atom stereocenters. The van der Waals surface area contributed by atoms with Crippen LogP contribution in [-0.2, 0) is 6.54 Å². The molecule has 1 aromatic carbocycles. The van der Waals surface area contributed by atoms with Gasteiger partial charge in [0.15, 0.2) is 0 Å². The standard InChI is InChI=1S/C13H13NO3/c1-2-14-10(7-8-11(14)13(16)17)9-5-3-4-6-12(9)15/h3-8,15H,2H2,1H3,(H,16,17). The molecule has 88 valence electrons. The Bertz CT molecular complexity index is 558. The molecule has 2 rings (SSSR count). The maximum Gasteiger partial charge on any atom is 0.352 e. The summed E-state index contributed by atoms with van der Waals surface area (Å²) in [5.74, 6) is -0.814. The van der Waals surface area contributed by atoms with Crippen molar-refractivity contribution in [3.63, 3.8) is 0 Å². The number of carboxylic acid groups (broad SMARTS) is 1. The largest absolute Gasteiger partial charge is 0.507 e. The summed E-state index contributed by atoms with van der Waals surface area (Å²) in [5.41, 5.74) is 1.58. The zero-order chi connectivity index (χ0) is 12.4. The van der Waals surface area contributed by atoms with E-state index in [0.29, 0.717) is 17.8 Å². The highest BCUT2D eigenvalue weighted by molar-refractivity contribution is 5.88. The average molecular weight is 231 g/mol. The van der Waals surface area contributed by atoms with Crippen LogP contribution in [0, 0.1) is 0 Å². The highest BCUT2D eigenvalue weighted by Gasteiger charge is 2.15. The number of hydrogen-bond acceptors (Lipinski definition) is 2. The topological polar surface area (TPSA) is 62.5 Å². The number of aromatic hydroxyl groups is 1. The van der Waals surface area contributed by atoms with Gasteiger partial charge in [0.25, 0.3) is 0 Å². The summed E-state index contributed by atoms with van der Waals surface area (Å²) in [4.78, 5) is 11.0. The molecule has 0 spiro atoms. The van der Waals surface area contributed by atoms with Gasteiger partial charge in [-0.15, -0.1) is 0 Å². The second-order valence-corrected chi connectivity index (χ2v) is 3.67. The zero-order valence-electron chi connectivity index (χ0n) is 9.42. The third-order valence-electron chi connectivity index (χ3n) is 2.70. The number of para-hydroxylation sites is 1. The Morgan fingerprint density at radius 3 is 2.53 bits per heavy atom. The van der Waals surface area contributed by atoms with Gasteiger partial charge in [0.05, 0.1) is 5.69 Å². The fraction of sp³-hybridized carbons (Fsp3) is 0.154. The van der Waals surface area contributed by atoms with Gasteiger partial charge in [-0.3, -0.25) is 0 Å². The second-order valence-electron chi connectivity index (χ2n) is 3.67. The fourth-order valence-electron chi connectivity index (χ4n) is 1.92. The van der Waals surface area contributed by atoms with Gasteiger partial charge in [-0.05, 0) is 31.2 Å². The predicted octanol–water partition coefficient (Wildman–Crippen LogP) is 2.58. The number of phenols is 1. The third kappa shape index (κ3) is 1.89. The Hall–Kier alpha value is -2.23. The molecule has 4 heteroatoms. The number of rotatable bonds is 3. The molecule has 1 aromatic heterocycles. The molecule has 0 aliphatic heterocycles. The van der Waals surface area contributed by atoms with Gasteiger partial charge in [0.1, 0.15) is 11.4 Å². The minimum Gasteiger partial charge on any atom is -0.507 e. The highest BCUT2D eigenvalue weighted by atomic mass is 16.4. The Labute approximate surface area is 98.8 Å². The molecule has 0 aliphatic carbocycles. The lowest BCUT2D eigenvalue weighted by atomic mass is 10.1. The molecule has 2 N–H and O–H groups in total. The van der Waals surface area contributed by atoms with Crippen LogP contribution in [0.3, 0.4) is 0 Å². The molecule has 17 heavy (non-hydrogen) atoms. The van der Waals surface area contributed by atoms with Crippen molar-refractivity contribution >= 4 is 5.97 Å². The van der Waals surface area contributed by atoms with Crippen molar-refractivity contribution in [1.29, 1.82) is 0 Å². The monoisotopic (exact) mass is 231 g/mol. The molecule has 4 nitrogen and oxygen atoms in total. The summed E-state index contributed by atoms with van der Waals surface area (Å²) >= 11 is 0. The molecule has 0 aliphatic rings. The van der Waals surface area contributed by atoms with E-state index < -0.39 is 5.97 Å². The molecule has 0 bridgehead atoms. The lowest BCUT2D eigenvalue weighted by Crippen LogP contribution is -2.08. The van der Waals surface area contributed by atoms with E-state index in [1.807, 2.05) is 13.0 Å². The van der Waals surface area contributed by atoms with E-state index in [9.17, 15) is 9.90 Å². The Morgan fingerprint density at radius 1 is 1.24 bits per heavy atom.